The largest absolute Gasteiger partial charge is 0.393 e. The Morgan fingerprint density at radius 2 is 1.92 bits per heavy atom. The Bertz CT molecular complexity index is 590. The summed E-state index contributed by atoms with van der Waals surface area (Å²) < 4.78 is 0. The predicted molar refractivity (Wildman–Crippen MR) is 94.4 cm³/mol. The number of likely N-dealkylation sites (tertiary alicyclic amines) is 1. The molecule has 2 amide bonds. The van der Waals surface area contributed by atoms with Gasteiger partial charge < -0.3 is 20.6 Å². The van der Waals surface area contributed by atoms with Crippen LogP contribution in [0.1, 0.15) is 19.3 Å². The first-order valence-electron chi connectivity index (χ1n) is 7.91. The van der Waals surface area contributed by atoms with Gasteiger partial charge in [-0.15, -0.1) is 0 Å². The monoisotopic (exact) mass is 373 g/mol. The predicted octanol–water partition coefficient (Wildman–Crippen LogP) is 1.89. The minimum atomic E-state index is -0.778. The van der Waals surface area contributed by atoms with Crippen LogP contribution in [0, 0.1) is 0 Å². The van der Waals surface area contributed by atoms with Crippen molar-refractivity contribution in [3.05, 3.63) is 28.2 Å². The number of anilines is 1. The first-order chi connectivity index (χ1) is 11.5. The van der Waals surface area contributed by atoms with Crippen molar-refractivity contribution in [1.82, 2.24) is 10.2 Å². The molecule has 1 aromatic rings. The van der Waals surface area contributed by atoms with Gasteiger partial charge in [-0.3, -0.25) is 9.59 Å². The van der Waals surface area contributed by atoms with E-state index < -0.39 is 11.8 Å². The minimum Gasteiger partial charge on any atom is -0.393 e. The molecule has 0 saturated carbocycles. The second-order valence-corrected chi connectivity index (χ2v) is 6.52. The average molecular weight is 374 g/mol. The molecule has 0 spiro atoms. The Kier molecular flexibility index (Phi) is 7.30. The summed E-state index contributed by atoms with van der Waals surface area (Å²) in [7, 11) is 0. The van der Waals surface area contributed by atoms with Crippen LogP contribution in [0.5, 0.6) is 0 Å². The van der Waals surface area contributed by atoms with Gasteiger partial charge in [0, 0.05) is 19.6 Å². The Hall–Kier alpha value is -1.34. The second-order valence-electron chi connectivity index (χ2n) is 5.74. The first-order valence-corrected chi connectivity index (χ1v) is 8.66. The molecule has 1 fully saturated rings. The van der Waals surface area contributed by atoms with Crippen molar-refractivity contribution in [3.8, 4) is 0 Å². The third kappa shape index (κ3) is 5.63. The number of nitrogens with zero attached hydrogens (tertiary/aromatic N) is 1. The van der Waals surface area contributed by atoms with Crippen molar-refractivity contribution in [2.45, 2.75) is 25.4 Å². The maximum absolute atomic E-state index is 11.8. The summed E-state index contributed by atoms with van der Waals surface area (Å²) in [6.45, 7) is 2.97. The Morgan fingerprint density at radius 3 is 2.62 bits per heavy atom. The van der Waals surface area contributed by atoms with Crippen LogP contribution in [0.2, 0.25) is 10.0 Å². The quantitative estimate of drug-likeness (QED) is 0.543. The van der Waals surface area contributed by atoms with Crippen LogP contribution < -0.4 is 10.6 Å². The minimum absolute atomic E-state index is 0.192. The summed E-state index contributed by atoms with van der Waals surface area (Å²) >= 11 is 11.8. The molecule has 24 heavy (non-hydrogen) atoms. The van der Waals surface area contributed by atoms with Crippen LogP contribution in [0.15, 0.2) is 18.2 Å². The maximum Gasteiger partial charge on any atom is 0.313 e. The van der Waals surface area contributed by atoms with Gasteiger partial charge in [-0.1, -0.05) is 29.3 Å². The summed E-state index contributed by atoms with van der Waals surface area (Å²) in [5.74, 6) is -1.49. The van der Waals surface area contributed by atoms with Gasteiger partial charge in [-0.05, 0) is 37.9 Å². The lowest BCUT2D eigenvalue weighted by Gasteiger charge is -2.29. The number of benzene rings is 1. The molecular formula is C16H21Cl2N3O3. The Balaban J connectivity index is 1.68. The number of aliphatic hydroxyl groups is 1. The van der Waals surface area contributed by atoms with E-state index >= 15 is 0 Å². The highest BCUT2D eigenvalue weighted by Crippen LogP contribution is 2.29. The van der Waals surface area contributed by atoms with Crippen molar-refractivity contribution in [2.75, 3.05) is 31.5 Å². The molecule has 6 nitrogen and oxygen atoms in total. The van der Waals surface area contributed by atoms with Crippen LogP contribution in [0.25, 0.3) is 0 Å². The fourth-order valence-electron chi connectivity index (χ4n) is 2.51. The number of nitrogens with one attached hydrogen (secondary N) is 2. The van der Waals surface area contributed by atoms with Crippen LogP contribution >= 0.6 is 23.2 Å². The summed E-state index contributed by atoms with van der Waals surface area (Å²) in [5, 5.41) is 15.0. The Morgan fingerprint density at radius 1 is 1.21 bits per heavy atom. The zero-order valence-corrected chi connectivity index (χ0v) is 14.7. The summed E-state index contributed by atoms with van der Waals surface area (Å²) in [6.07, 6.45) is 2.13. The molecule has 1 aliphatic heterocycles. The number of amides is 2. The highest BCUT2D eigenvalue weighted by Gasteiger charge is 2.17. The van der Waals surface area contributed by atoms with E-state index in [2.05, 4.69) is 15.5 Å². The van der Waals surface area contributed by atoms with Crippen molar-refractivity contribution in [1.29, 1.82) is 0 Å². The van der Waals surface area contributed by atoms with Gasteiger partial charge in [0.2, 0.25) is 0 Å². The van der Waals surface area contributed by atoms with E-state index in [1.54, 1.807) is 18.2 Å². The molecule has 0 radical (unpaired) electrons. The van der Waals surface area contributed by atoms with Crippen LogP contribution in [0.4, 0.5) is 5.69 Å². The summed E-state index contributed by atoms with van der Waals surface area (Å²) in [5.41, 5.74) is 0.302. The fourth-order valence-corrected chi connectivity index (χ4v) is 2.85. The summed E-state index contributed by atoms with van der Waals surface area (Å²) in [6, 6.07) is 4.81. The van der Waals surface area contributed by atoms with Gasteiger partial charge >= 0.3 is 11.8 Å². The molecule has 1 aromatic carbocycles. The van der Waals surface area contributed by atoms with Crippen molar-refractivity contribution in [2.24, 2.45) is 0 Å². The van der Waals surface area contributed by atoms with Gasteiger partial charge in [0.1, 0.15) is 0 Å². The van der Waals surface area contributed by atoms with Crippen molar-refractivity contribution < 1.29 is 14.7 Å². The number of rotatable bonds is 5. The number of hydrogen-bond donors (Lipinski definition) is 3. The lowest BCUT2D eigenvalue weighted by atomic mass is 10.1. The molecule has 0 bridgehead atoms. The molecule has 0 atom stereocenters. The Labute approximate surface area is 151 Å². The number of halogens is 2. The van der Waals surface area contributed by atoms with Crippen LogP contribution in [-0.2, 0) is 9.59 Å². The number of piperidine rings is 1. The summed E-state index contributed by atoms with van der Waals surface area (Å²) in [4.78, 5) is 25.9. The van der Waals surface area contributed by atoms with E-state index in [9.17, 15) is 14.7 Å². The lowest BCUT2D eigenvalue weighted by molar-refractivity contribution is -0.136. The molecule has 1 saturated heterocycles. The van der Waals surface area contributed by atoms with E-state index in [1.165, 1.54) is 0 Å². The molecular weight excluding hydrogens is 353 g/mol. The van der Waals surface area contributed by atoms with E-state index in [1.807, 2.05) is 0 Å². The first kappa shape index (κ1) is 19.0. The normalized spacial score (nSPS) is 16.0. The van der Waals surface area contributed by atoms with Crippen LogP contribution in [0.3, 0.4) is 0 Å². The third-order valence-electron chi connectivity index (χ3n) is 3.90. The average Bonchev–Trinajstić information content (AvgIpc) is 2.57. The van der Waals surface area contributed by atoms with Gasteiger partial charge in [-0.2, -0.15) is 0 Å². The van der Waals surface area contributed by atoms with Crippen molar-refractivity contribution in [3.63, 3.8) is 0 Å². The molecule has 132 valence electrons. The number of carbonyl (C=O) groups excluding carboxylic acids is 2. The zero-order chi connectivity index (χ0) is 17.5. The highest BCUT2D eigenvalue weighted by molar-refractivity contribution is 6.45. The second kappa shape index (κ2) is 9.22. The van der Waals surface area contributed by atoms with Gasteiger partial charge in [-0.25, -0.2) is 0 Å². The van der Waals surface area contributed by atoms with Gasteiger partial charge in [0.15, 0.2) is 0 Å². The number of hydrogen-bond acceptors (Lipinski definition) is 4. The number of carbonyl (C=O) groups is 2. The fraction of sp³-hybridized carbons (Fsp3) is 0.500. The molecule has 3 N–H and O–H groups in total. The topological polar surface area (TPSA) is 81.7 Å². The molecule has 2 rings (SSSR count). The number of aliphatic hydroxyl groups excluding tert-OH is 1. The molecule has 8 heteroatoms. The van der Waals surface area contributed by atoms with Crippen LogP contribution in [-0.4, -0.2) is 54.1 Å². The zero-order valence-electron chi connectivity index (χ0n) is 13.2. The van der Waals surface area contributed by atoms with Crippen molar-refractivity contribution >= 4 is 40.7 Å². The molecule has 0 unspecified atom stereocenters. The SMILES string of the molecule is O=C(NCCCN1CCC(O)CC1)C(=O)Nc1cccc(Cl)c1Cl. The van der Waals surface area contributed by atoms with E-state index in [0.717, 1.165) is 38.9 Å². The van der Waals surface area contributed by atoms with E-state index in [-0.39, 0.29) is 11.1 Å². The molecule has 0 aliphatic carbocycles. The maximum atomic E-state index is 11.8. The van der Waals surface area contributed by atoms with Gasteiger partial charge in [0.05, 0.1) is 21.8 Å². The standard InChI is InChI=1S/C16H21Cl2N3O3/c17-12-3-1-4-13(14(12)18)20-16(24)15(23)19-7-2-8-21-9-5-11(22)6-10-21/h1,3-4,11,22H,2,5-10H2,(H,19,23)(H,20,24). The lowest BCUT2D eigenvalue weighted by Crippen LogP contribution is -2.39. The molecule has 1 aliphatic rings. The third-order valence-corrected chi connectivity index (χ3v) is 4.72. The smallest absolute Gasteiger partial charge is 0.313 e. The molecule has 0 aromatic heterocycles. The van der Waals surface area contributed by atoms with E-state index in [0.29, 0.717) is 17.3 Å². The van der Waals surface area contributed by atoms with E-state index in [4.69, 9.17) is 23.2 Å². The van der Waals surface area contributed by atoms with Gasteiger partial charge in [0.25, 0.3) is 0 Å². The highest BCUT2D eigenvalue weighted by atomic mass is 35.5. The molecule has 1 heterocycles.